The molecule has 122 valence electrons. The van der Waals surface area contributed by atoms with Gasteiger partial charge in [0.15, 0.2) is 17.7 Å². The first-order chi connectivity index (χ1) is 11.5. The normalized spacial score (nSPS) is 10.6. The largest absolute Gasteiger partial charge is 0.481 e. The molecule has 0 bridgehead atoms. The van der Waals surface area contributed by atoms with Crippen LogP contribution in [0.25, 0.3) is 11.0 Å². The molecule has 3 aromatic rings. The molecule has 0 fully saturated rings. The average molecular weight is 326 g/mol. The Labute approximate surface area is 137 Å². The molecule has 8 heteroatoms. The van der Waals surface area contributed by atoms with Gasteiger partial charge in [0.1, 0.15) is 0 Å². The van der Waals surface area contributed by atoms with Gasteiger partial charge in [0.2, 0.25) is 5.88 Å². The summed E-state index contributed by atoms with van der Waals surface area (Å²) in [7, 11) is 3.18. The number of carbonyl (C=O) groups is 2. The predicted octanol–water partition coefficient (Wildman–Crippen LogP) is 1.71. The summed E-state index contributed by atoms with van der Waals surface area (Å²) in [4.78, 5) is 31.9. The number of aryl methyl sites for hydroxylation is 2. The van der Waals surface area contributed by atoms with Crippen LogP contribution >= 0.6 is 0 Å². The number of hydrogen-bond donors (Lipinski definition) is 0. The van der Waals surface area contributed by atoms with Gasteiger partial charge in [-0.05, 0) is 13.0 Å². The maximum absolute atomic E-state index is 12.6. The summed E-state index contributed by atoms with van der Waals surface area (Å²) < 4.78 is 11.9. The standard InChI is InChI=1S/C16H14N4O4/c1-9-14-11(4-5-17-15(14)20(2)19-9)16(22)24-12-7-18-13(23-3)6-10(12)8-21/h4-8H,1-3H3. The molecule has 0 saturated carbocycles. The minimum atomic E-state index is -0.617. The third-order valence-electron chi connectivity index (χ3n) is 3.53. The Balaban J connectivity index is 2.01. The summed E-state index contributed by atoms with van der Waals surface area (Å²) in [5.74, 6) is -0.304. The Morgan fingerprint density at radius 1 is 1.33 bits per heavy atom. The van der Waals surface area contributed by atoms with E-state index in [-0.39, 0.29) is 17.2 Å². The van der Waals surface area contributed by atoms with Crippen molar-refractivity contribution in [2.45, 2.75) is 6.92 Å². The molecule has 3 heterocycles. The first-order valence-corrected chi connectivity index (χ1v) is 7.05. The van der Waals surface area contributed by atoms with Crippen LogP contribution in [0.3, 0.4) is 0 Å². The number of rotatable bonds is 4. The molecule has 0 aliphatic heterocycles. The van der Waals surface area contributed by atoms with E-state index in [9.17, 15) is 9.59 Å². The van der Waals surface area contributed by atoms with Crippen molar-refractivity contribution in [3.8, 4) is 11.6 Å². The number of nitrogens with zero attached hydrogens (tertiary/aromatic N) is 4. The van der Waals surface area contributed by atoms with Gasteiger partial charge in [0, 0.05) is 19.3 Å². The fourth-order valence-electron chi connectivity index (χ4n) is 2.43. The first kappa shape index (κ1) is 15.6. The lowest BCUT2D eigenvalue weighted by molar-refractivity contribution is 0.0734. The zero-order chi connectivity index (χ0) is 17.3. The molecule has 0 saturated heterocycles. The predicted molar refractivity (Wildman–Crippen MR) is 84.4 cm³/mol. The Kier molecular flexibility index (Phi) is 3.95. The first-order valence-electron chi connectivity index (χ1n) is 7.05. The number of carbonyl (C=O) groups excluding carboxylic acids is 2. The molecule has 3 rings (SSSR count). The van der Waals surface area contributed by atoms with E-state index in [1.807, 2.05) is 0 Å². The number of hydrogen-bond acceptors (Lipinski definition) is 7. The van der Waals surface area contributed by atoms with E-state index in [0.29, 0.717) is 28.6 Å². The molecule has 0 atom stereocenters. The number of ether oxygens (including phenoxy) is 2. The Bertz CT molecular complexity index is 949. The van der Waals surface area contributed by atoms with Gasteiger partial charge in [-0.15, -0.1) is 0 Å². The second-order valence-corrected chi connectivity index (χ2v) is 5.04. The number of esters is 1. The van der Waals surface area contributed by atoms with Crippen LogP contribution in [0.4, 0.5) is 0 Å². The van der Waals surface area contributed by atoms with Crippen molar-refractivity contribution < 1.29 is 19.1 Å². The van der Waals surface area contributed by atoms with Gasteiger partial charge in [0.25, 0.3) is 0 Å². The van der Waals surface area contributed by atoms with E-state index in [4.69, 9.17) is 9.47 Å². The highest BCUT2D eigenvalue weighted by atomic mass is 16.5. The third kappa shape index (κ3) is 2.58. The summed E-state index contributed by atoms with van der Waals surface area (Å²) in [5.41, 5.74) is 1.73. The lowest BCUT2D eigenvalue weighted by Gasteiger charge is -2.08. The summed E-state index contributed by atoms with van der Waals surface area (Å²) >= 11 is 0. The highest BCUT2D eigenvalue weighted by Crippen LogP contribution is 2.24. The maximum Gasteiger partial charge on any atom is 0.344 e. The van der Waals surface area contributed by atoms with Crippen LogP contribution in [-0.2, 0) is 7.05 Å². The van der Waals surface area contributed by atoms with Crippen molar-refractivity contribution in [2.75, 3.05) is 7.11 Å². The SMILES string of the molecule is COc1cc(C=O)c(OC(=O)c2ccnc3c2c(C)nn3C)cn1. The Morgan fingerprint density at radius 3 is 2.83 bits per heavy atom. The minimum Gasteiger partial charge on any atom is -0.481 e. The van der Waals surface area contributed by atoms with Gasteiger partial charge in [-0.3, -0.25) is 9.48 Å². The van der Waals surface area contributed by atoms with E-state index in [2.05, 4.69) is 15.1 Å². The van der Waals surface area contributed by atoms with Crippen molar-refractivity contribution in [3.05, 3.63) is 41.3 Å². The number of methoxy groups -OCH3 is 1. The Hall–Kier alpha value is -3.29. The molecular formula is C16H14N4O4. The van der Waals surface area contributed by atoms with E-state index in [1.54, 1.807) is 24.7 Å². The molecular weight excluding hydrogens is 312 g/mol. The lowest BCUT2D eigenvalue weighted by atomic mass is 10.1. The van der Waals surface area contributed by atoms with Crippen molar-refractivity contribution in [1.29, 1.82) is 0 Å². The molecule has 24 heavy (non-hydrogen) atoms. The van der Waals surface area contributed by atoms with Crippen molar-refractivity contribution in [3.63, 3.8) is 0 Å². The summed E-state index contributed by atoms with van der Waals surface area (Å²) in [6, 6.07) is 2.95. The van der Waals surface area contributed by atoms with Crippen LogP contribution < -0.4 is 9.47 Å². The number of fused-ring (bicyclic) bond motifs is 1. The number of aromatic nitrogens is 4. The van der Waals surface area contributed by atoms with Crippen LogP contribution in [0.2, 0.25) is 0 Å². The molecule has 0 unspecified atom stereocenters. The van der Waals surface area contributed by atoms with Crippen LogP contribution in [0.15, 0.2) is 24.5 Å². The highest BCUT2D eigenvalue weighted by Gasteiger charge is 2.19. The smallest absolute Gasteiger partial charge is 0.344 e. The fraction of sp³-hybridized carbons (Fsp3) is 0.188. The number of pyridine rings is 2. The zero-order valence-corrected chi connectivity index (χ0v) is 13.3. The van der Waals surface area contributed by atoms with Gasteiger partial charge in [-0.2, -0.15) is 5.10 Å². The van der Waals surface area contributed by atoms with Crippen LogP contribution in [0.1, 0.15) is 26.4 Å². The second-order valence-electron chi connectivity index (χ2n) is 5.04. The van der Waals surface area contributed by atoms with Gasteiger partial charge < -0.3 is 9.47 Å². The van der Waals surface area contributed by atoms with E-state index < -0.39 is 5.97 Å². The second kappa shape index (κ2) is 6.07. The van der Waals surface area contributed by atoms with Gasteiger partial charge in [-0.1, -0.05) is 0 Å². The Morgan fingerprint density at radius 2 is 2.12 bits per heavy atom. The maximum atomic E-state index is 12.6. The molecule has 0 N–H and O–H groups in total. The van der Waals surface area contributed by atoms with Crippen LogP contribution in [0, 0.1) is 6.92 Å². The fourth-order valence-corrected chi connectivity index (χ4v) is 2.43. The third-order valence-corrected chi connectivity index (χ3v) is 3.53. The topological polar surface area (TPSA) is 96.2 Å². The van der Waals surface area contributed by atoms with Gasteiger partial charge in [0.05, 0.1) is 35.5 Å². The van der Waals surface area contributed by atoms with Gasteiger partial charge in [-0.25, -0.2) is 14.8 Å². The molecule has 0 aliphatic carbocycles. The molecule has 0 amide bonds. The zero-order valence-electron chi connectivity index (χ0n) is 13.3. The molecule has 8 nitrogen and oxygen atoms in total. The summed E-state index contributed by atoms with van der Waals surface area (Å²) in [6.45, 7) is 1.78. The highest BCUT2D eigenvalue weighted by molar-refractivity contribution is 6.04. The van der Waals surface area contributed by atoms with Crippen molar-refractivity contribution in [1.82, 2.24) is 19.7 Å². The molecule has 0 radical (unpaired) electrons. The van der Waals surface area contributed by atoms with E-state index >= 15 is 0 Å². The lowest BCUT2D eigenvalue weighted by Crippen LogP contribution is -2.11. The van der Waals surface area contributed by atoms with E-state index in [0.717, 1.165) is 0 Å². The monoisotopic (exact) mass is 326 g/mol. The molecule has 0 aliphatic rings. The van der Waals surface area contributed by atoms with Crippen LogP contribution in [0.5, 0.6) is 11.6 Å². The number of aldehydes is 1. The molecule has 3 aromatic heterocycles. The van der Waals surface area contributed by atoms with Crippen LogP contribution in [-0.4, -0.2) is 39.1 Å². The van der Waals surface area contributed by atoms with Crippen molar-refractivity contribution in [2.24, 2.45) is 7.05 Å². The molecule has 0 aromatic carbocycles. The van der Waals surface area contributed by atoms with Gasteiger partial charge >= 0.3 is 5.97 Å². The molecule has 0 spiro atoms. The van der Waals surface area contributed by atoms with E-state index in [1.165, 1.54) is 25.6 Å². The van der Waals surface area contributed by atoms with Crippen molar-refractivity contribution >= 4 is 23.3 Å². The minimum absolute atomic E-state index is 0.0577. The summed E-state index contributed by atoms with van der Waals surface area (Å²) in [6.07, 6.45) is 3.35. The summed E-state index contributed by atoms with van der Waals surface area (Å²) in [5, 5.41) is 4.87. The quantitative estimate of drug-likeness (QED) is 0.532. The average Bonchev–Trinajstić information content (AvgIpc) is 2.89.